The van der Waals surface area contributed by atoms with Gasteiger partial charge in [-0.25, -0.2) is 17.5 Å². The van der Waals surface area contributed by atoms with E-state index in [0.717, 1.165) is 0 Å². The Morgan fingerprint density at radius 1 is 1.15 bits per heavy atom. The topological polar surface area (TPSA) is 93.7 Å². The Bertz CT molecular complexity index is 886. The third-order valence-electron chi connectivity index (χ3n) is 3.47. The maximum absolute atomic E-state index is 13.4. The Labute approximate surface area is 151 Å². The molecule has 2 N–H and O–H groups in total. The highest BCUT2D eigenvalue weighted by atomic mass is 32.2. The van der Waals surface area contributed by atoms with Gasteiger partial charge in [0.2, 0.25) is 10.0 Å². The van der Waals surface area contributed by atoms with Crippen molar-refractivity contribution in [2.75, 3.05) is 27.3 Å². The summed E-state index contributed by atoms with van der Waals surface area (Å²) in [4.78, 5) is 12.1. The van der Waals surface area contributed by atoms with Crippen molar-refractivity contribution in [3.05, 3.63) is 53.8 Å². The SMILES string of the molecule is CNS(=O)(=O)c1cc(C(=O)NCCOc2ccccc2F)ccc1OC. The molecule has 140 valence electrons. The van der Waals surface area contributed by atoms with Crippen molar-refractivity contribution in [2.24, 2.45) is 0 Å². The van der Waals surface area contributed by atoms with Crippen LogP contribution in [0.4, 0.5) is 4.39 Å². The molecule has 0 saturated carbocycles. The summed E-state index contributed by atoms with van der Waals surface area (Å²) in [5.74, 6) is -0.763. The molecule has 0 atom stereocenters. The molecule has 0 aliphatic heterocycles. The van der Waals surface area contributed by atoms with Gasteiger partial charge in [-0.1, -0.05) is 12.1 Å². The first-order valence-corrected chi connectivity index (χ1v) is 9.14. The van der Waals surface area contributed by atoms with E-state index in [1.165, 1.54) is 44.5 Å². The lowest BCUT2D eigenvalue weighted by molar-refractivity contribution is 0.0946. The van der Waals surface area contributed by atoms with Crippen LogP contribution in [0.1, 0.15) is 10.4 Å². The van der Waals surface area contributed by atoms with Crippen LogP contribution in [0.15, 0.2) is 47.4 Å². The number of nitrogens with one attached hydrogen (secondary N) is 2. The lowest BCUT2D eigenvalue weighted by Crippen LogP contribution is -2.28. The lowest BCUT2D eigenvalue weighted by atomic mass is 10.2. The summed E-state index contributed by atoms with van der Waals surface area (Å²) >= 11 is 0. The molecule has 0 heterocycles. The zero-order valence-corrected chi connectivity index (χ0v) is 15.1. The number of hydrogen-bond acceptors (Lipinski definition) is 5. The van der Waals surface area contributed by atoms with Crippen LogP contribution in [0.3, 0.4) is 0 Å². The smallest absolute Gasteiger partial charge is 0.251 e. The molecule has 2 aromatic rings. The number of methoxy groups -OCH3 is 1. The summed E-state index contributed by atoms with van der Waals surface area (Å²) in [5, 5.41) is 2.58. The molecule has 0 aliphatic carbocycles. The van der Waals surface area contributed by atoms with Gasteiger partial charge in [0.1, 0.15) is 17.3 Å². The number of halogens is 1. The standard InChI is InChI=1S/C17H19FN2O5S/c1-19-26(22,23)16-11-12(7-8-15(16)24-2)17(21)20-9-10-25-14-6-4-3-5-13(14)18/h3-8,11,19H,9-10H2,1-2H3,(H,20,21). The van der Waals surface area contributed by atoms with Gasteiger partial charge in [0, 0.05) is 5.56 Å². The Morgan fingerprint density at radius 3 is 2.54 bits per heavy atom. The van der Waals surface area contributed by atoms with Gasteiger partial charge in [-0.2, -0.15) is 0 Å². The minimum absolute atomic E-state index is 0.0600. The molecule has 7 nitrogen and oxygen atoms in total. The number of benzene rings is 2. The van der Waals surface area contributed by atoms with Crippen LogP contribution in [0.5, 0.6) is 11.5 Å². The van der Waals surface area contributed by atoms with E-state index in [0.29, 0.717) is 0 Å². The lowest BCUT2D eigenvalue weighted by Gasteiger charge is -2.11. The third kappa shape index (κ3) is 4.70. The fraction of sp³-hybridized carbons (Fsp3) is 0.235. The van der Waals surface area contributed by atoms with Crippen molar-refractivity contribution in [3.8, 4) is 11.5 Å². The van der Waals surface area contributed by atoms with E-state index in [9.17, 15) is 17.6 Å². The third-order valence-corrected chi connectivity index (χ3v) is 4.90. The fourth-order valence-electron chi connectivity index (χ4n) is 2.13. The molecule has 2 aromatic carbocycles. The Morgan fingerprint density at radius 2 is 1.88 bits per heavy atom. The van der Waals surface area contributed by atoms with Crippen LogP contribution in [0.25, 0.3) is 0 Å². The van der Waals surface area contributed by atoms with Crippen LogP contribution in [0, 0.1) is 5.82 Å². The number of ether oxygens (including phenoxy) is 2. The summed E-state index contributed by atoms with van der Waals surface area (Å²) in [6, 6.07) is 10.0. The maximum atomic E-state index is 13.4. The second-order valence-electron chi connectivity index (χ2n) is 5.11. The highest BCUT2D eigenvalue weighted by Gasteiger charge is 2.20. The van der Waals surface area contributed by atoms with E-state index >= 15 is 0 Å². The predicted octanol–water partition coefficient (Wildman–Crippen LogP) is 1.55. The second-order valence-corrected chi connectivity index (χ2v) is 6.96. The van der Waals surface area contributed by atoms with Gasteiger partial charge in [0.15, 0.2) is 11.6 Å². The highest BCUT2D eigenvalue weighted by molar-refractivity contribution is 7.89. The number of rotatable bonds is 8. The van der Waals surface area contributed by atoms with E-state index in [1.807, 2.05) is 0 Å². The summed E-state index contributed by atoms with van der Waals surface area (Å²) in [6.07, 6.45) is 0. The first-order chi connectivity index (χ1) is 12.4. The molecule has 0 unspecified atom stereocenters. The summed E-state index contributed by atoms with van der Waals surface area (Å²) in [7, 11) is -1.18. The van der Waals surface area contributed by atoms with E-state index in [1.54, 1.807) is 12.1 Å². The van der Waals surface area contributed by atoms with Gasteiger partial charge >= 0.3 is 0 Å². The molecule has 0 saturated heterocycles. The number of carbonyl (C=O) groups is 1. The minimum Gasteiger partial charge on any atom is -0.495 e. The number of carbonyl (C=O) groups excluding carboxylic acids is 1. The fourth-order valence-corrected chi connectivity index (χ4v) is 3.05. The van der Waals surface area contributed by atoms with Crippen LogP contribution in [-0.4, -0.2) is 41.6 Å². The van der Waals surface area contributed by atoms with E-state index < -0.39 is 21.7 Å². The molecule has 0 aliphatic rings. The van der Waals surface area contributed by atoms with Gasteiger partial charge < -0.3 is 14.8 Å². The maximum Gasteiger partial charge on any atom is 0.251 e. The minimum atomic E-state index is -3.78. The van der Waals surface area contributed by atoms with Gasteiger partial charge in [-0.15, -0.1) is 0 Å². The molecule has 0 spiro atoms. The van der Waals surface area contributed by atoms with Crippen LogP contribution in [-0.2, 0) is 10.0 Å². The zero-order chi connectivity index (χ0) is 19.2. The largest absolute Gasteiger partial charge is 0.495 e. The number of para-hydroxylation sites is 1. The van der Waals surface area contributed by atoms with Crippen molar-refractivity contribution < 1.29 is 27.1 Å². The Balaban J connectivity index is 2.01. The average molecular weight is 382 g/mol. The number of sulfonamides is 1. The molecule has 0 aromatic heterocycles. The van der Waals surface area contributed by atoms with Crippen molar-refractivity contribution >= 4 is 15.9 Å². The van der Waals surface area contributed by atoms with Crippen molar-refractivity contribution in [2.45, 2.75) is 4.90 Å². The van der Waals surface area contributed by atoms with Gasteiger partial charge in [0.25, 0.3) is 5.91 Å². The van der Waals surface area contributed by atoms with Crippen LogP contribution < -0.4 is 19.5 Å². The normalized spacial score (nSPS) is 11.0. The molecule has 0 fully saturated rings. The molecule has 9 heteroatoms. The summed E-state index contributed by atoms with van der Waals surface area (Å²) in [6.45, 7) is 0.178. The molecule has 1 amide bonds. The number of hydrogen-bond donors (Lipinski definition) is 2. The van der Waals surface area contributed by atoms with Crippen molar-refractivity contribution in [3.63, 3.8) is 0 Å². The number of amides is 1. The van der Waals surface area contributed by atoms with Crippen LogP contribution in [0.2, 0.25) is 0 Å². The molecule has 2 rings (SSSR count). The highest BCUT2D eigenvalue weighted by Crippen LogP contribution is 2.24. The van der Waals surface area contributed by atoms with E-state index in [2.05, 4.69) is 10.0 Å². The molecule has 0 radical (unpaired) electrons. The van der Waals surface area contributed by atoms with Gasteiger partial charge in [-0.3, -0.25) is 4.79 Å². The van der Waals surface area contributed by atoms with E-state index in [-0.39, 0.29) is 35.1 Å². The van der Waals surface area contributed by atoms with Gasteiger partial charge in [0.05, 0.1) is 13.7 Å². The molecule has 26 heavy (non-hydrogen) atoms. The monoisotopic (exact) mass is 382 g/mol. The zero-order valence-electron chi connectivity index (χ0n) is 14.3. The average Bonchev–Trinajstić information content (AvgIpc) is 2.65. The Hall–Kier alpha value is -2.65. The first kappa shape index (κ1) is 19.7. The van der Waals surface area contributed by atoms with E-state index in [4.69, 9.17) is 9.47 Å². The Kier molecular flexibility index (Phi) is 6.53. The molecular formula is C17H19FN2O5S. The predicted molar refractivity (Wildman–Crippen MR) is 93.5 cm³/mol. The summed E-state index contributed by atoms with van der Waals surface area (Å²) in [5.41, 5.74) is 0.144. The first-order valence-electron chi connectivity index (χ1n) is 7.66. The summed E-state index contributed by atoms with van der Waals surface area (Å²) < 4.78 is 49.9. The quantitative estimate of drug-likeness (QED) is 0.676. The van der Waals surface area contributed by atoms with Crippen molar-refractivity contribution in [1.29, 1.82) is 0 Å². The van der Waals surface area contributed by atoms with Gasteiger partial charge in [-0.05, 0) is 37.4 Å². The molecule has 0 bridgehead atoms. The van der Waals surface area contributed by atoms with Crippen LogP contribution >= 0.6 is 0 Å². The molecular weight excluding hydrogens is 363 g/mol. The second kappa shape index (κ2) is 8.63. The van der Waals surface area contributed by atoms with Crippen molar-refractivity contribution in [1.82, 2.24) is 10.0 Å².